The minimum atomic E-state index is -2.83. The summed E-state index contributed by atoms with van der Waals surface area (Å²) < 4.78 is 51.9. The van der Waals surface area contributed by atoms with Crippen molar-refractivity contribution in [3.8, 4) is 11.5 Å². The van der Waals surface area contributed by atoms with Gasteiger partial charge >= 0.3 is 0 Å². The summed E-state index contributed by atoms with van der Waals surface area (Å²) >= 11 is 0. The van der Waals surface area contributed by atoms with Crippen molar-refractivity contribution in [1.29, 1.82) is 4.78 Å². The lowest BCUT2D eigenvalue weighted by Crippen LogP contribution is -2.37. The summed E-state index contributed by atoms with van der Waals surface area (Å²) in [4.78, 5) is 13.2. The Labute approximate surface area is 356 Å². The summed E-state index contributed by atoms with van der Waals surface area (Å²) in [6.45, 7) is 10.4. The van der Waals surface area contributed by atoms with Crippen molar-refractivity contribution in [2.24, 2.45) is 16.2 Å². The van der Waals surface area contributed by atoms with E-state index in [9.17, 15) is 8.42 Å². The molecule has 0 amide bonds. The van der Waals surface area contributed by atoms with E-state index in [1.807, 2.05) is 48.8 Å². The Morgan fingerprint density at radius 3 is 1.70 bits per heavy atom. The van der Waals surface area contributed by atoms with Crippen LogP contribution in [0.3, 0.4) is 0 Å². The van der Waals surface area contributed by atoms with E-state index in [1.165, 1.54) is 28.3 Å². The highest BCUT2D eigenvalue weighted by molar-refractivity contribution is 7.93. The van der Waals surface area contributed by atoms with Gasteiger partial charge in [0.05, 0.1) is 40.2 Å². The van der Waals surface area contributed by atoms with E-state index in [-0.39, 0.29) is 18.0 Å². The summed E-state index contributed by atoms with van der Waals surface area (Å²) in [7, 11) is -1.99. The van der Waals surface area contributed by atoms with Crippen LogP contribution in [0.25, 0.3) is 21.8 Å². The monoisotopic (exact) mass is 848 g/mol. The molecule has 10 nitrogen and oxygen atoms in total. The first-order valence-electron chi connectivity index (χ1n) is 21.1. The van der Waals surface area contributed by atoms with Crippen LogP contribution in [0.15, 0.2) is 99.3 Å². The molecule has 2 unspecified atom stereocenters. The van der Waals surface area contributed by atoms with Gasteiger partial charge in [0.15, 0.2) is 0 Å². The molecule has 2 aliphatic rings. The minimum Gasteiger partial charge on any atom is -0.496 e. The van der Waals surface area contributed by atoms with Gasteiger partial charge in [-0.3, -0.25) is 9.80 Å². The average Bonchev–Trinajstić information content (AvgIpc) is 3.95. The molecule has 2 saturated heterocycles. The number of methoxy groups -OCH3 is 2. The number of benzene rings is 4. The third-order valence-corrected chi connectivity index (χ3v) is 16.1. The van der Waals surface area contributed by atoms with Gasteiger partial charge in [0.25, 0.3) is 0 Å². The number of rotatable bonds is 12. The molecule has 4 aromatic carbocycles. The highest BCUT2D eigenvalue weighted by Crippen LogP contribution is 2.41. The smallest absolute Gasteiger partial charge is 0.124 e. The lowest BCUT2D eigenvalue weighted by molar-refractivity contribution is 0.107. The molecule has 4 heterocycles. The van der Waals surface area contributed by atoms with Crippen molar-refractivity contribution in [2.45, 2.75) is 81.4 Å². The number of hydrogen-bond donors (Lipinski definition) is 3. The fraction of sp³-hybridized carbons (Fsp3) is 0.417. The number of likely N-dealkylation sites (tertiary alicyclic amines) is 2. The molecule has 2 aromatic heterocycles. The standard InChI is InChI=1S/C48H60N6O4S2/c1-31-18-22-53(29-41-39-16-20-50-47(39)32(2)25-45(41)57-4)43(24-31)35-10-14-38(15-11-35)60(7,56)52-28-34-19-23-54(44(27-34)36-8-12-37(13-9-36)59(6,49)55)30-42-40-17-21-51-48(40)33(3)26-46(42)58-5/h8-17,20-21,25-26,31,34,43-44,49-51H,18-19,22-24,27-30H2,1-7H3/t31-,34-,43+,44+,59?,60?/m1/s1. The molecular formula is C48H60N6O4S2. The molecule has 60 heavy (non-hydrogen) atoms. The van der Waals surface area contributed by atoms with Crippen molar-refractivity contribution in [3.63, 3.8) is 0 Å². The number of H-pyrrole nitrogens is 2. The molecule has 0 radical (unpaired) electrons. The van der Waals surface area contributed by atoms with Gasteiger partial charge in [-0.2, -0.15) is 0 Å². The molecule has 318 valence electrons. The molecule has 0 bridgehead atoms. The van der Waals surface area contributed by atoms with Crippen LogP contribution in [-0.4, -0.2) is 74.6 Å². The molecule has 2 aliphatic heterocycles. The van der Waals surface area contributed by atoms with Gasteiger partial charge in [-0.1, -0.05) is 31.2 Å². The number of fused-ring (bicyclic) bond motifs is 2. The highest BCUT2D eigenvalue weighted by atomic mass is 32.2. The van der Waals surface area contributed by atoms with Crippen molar-refractivity contribution < 1.29 is 17.9 Å². The number of nitrogens with one attached hydrogen (secondary N) is 3. The second-order valence-corrected chi connectivity index (χ2v) is 21.9. The number of ether oxygens (including phenoxy) is 2. The van der Waals surface area contributed by atoms with Crippen molar-refractivity contribution in [3.05, 3.63) is 119 Å². The molecule has 8 rings (SSSR count). The number of aromatic nitrogens is 2. The summed E-state index contributed by atoms with van der Waals surface area (Å²) in [6.07, 6.45) is 11.2. The molecule has 0 saturated carbocycles. The zero-order valence-corrected chi connectivity index (χ0v) is 37.7. The second kappa shape index (κ2) is 17.0. The number of piperidine rings is 2. The topological polar surface area (TPSA) is 127 Å². The zero-order valence-electron chi connectivity index (χ0n) is 36.0. The van der Waals surface area contributed by atoms with E-state index >= 15 is 0 Å². The lowest BCUT2D eigenvalue weighted by Gasteiger charge is -2.40. The van der Waals surface area contributed by atoms with Crippen molar-refractivity contribution in [2.75, 3.05) is 46.4 Å². The Kier molecular flexibility index (Phi) is 11.9. The molecule has 2 fully saturated rings. The maximum atomic E-state index is 14.4. The van der Waals surface area contributed by atoms with Gasteiger partial charge in [0.2, 0.25) is 0 Å². The molecule has 0 spiro atoms. The Morgan fingerprint density at radius 1 is 0.717 bits per heavy atom. The SMILES string of the molecule is COc1cc(C)c2[nH]ccc2c1CN1CC[C@@H](C)C[C@H]1c1ccc(S(C)(=O)=NC[C@@H]2CCN(Cc3c(OC)cc(C)c4[nH]ccc34)[C@H](c3ccc(S(C)(=N)=O)cc3)C2)cc1. The first-order chi connectivity index (χ1) is 28.7. The van der Waals surface area contributed by atoms with E-state index in [1.54, 1.807) is 20.5 Å². The Balaban J connectivity index is 1.02. The third-order valence-electron chi connectivity index (χ3n) is 13.2. The summed E-state index contributed by atoms with van der Waals surface area (Å²) in [6, 6.07) is 25.0. The van der Waals surface area contributed by atoms with Crippen LogP contribution in [0.4, 0.5) is 0 Å². The largest absolute Gasteiger partial charge is 0.496 e. The molecular weight excluding hydrogens is 789 g/mol. The van der Waals surface area contributed by atoms with Crippen LogP contribution in [0.2, 0.25) is 0 Å². The molecule has 6 atom stereocenters. The molecule has 0 aliphatic carbocycles. The van der Waals surface area contributed by atoms with Gasteiger partial charge in [-0.25, -0.2) is 17.6 Å². The highest BCUT2D eigenvalue weighted by Gasteiger charge is 2.32. The van der Waals surface area contributed by atoms with Gasteiger partial charge < -0.3 is 19.4 Å². The molecule has 12 heteroatoms. The van der Waals surface area contributed by atoms with Crippen LogP contribution in [0, 0.1) is 30.5 Å². The van der Waals surface area contributed by atoms with Crippen LogP contribution in [-0.2, 0) is 32.5 Å². The van der Waals surface area contributed by atoms with Gasteiger partial charge in [0, 0.05) is 92.8 Å². The van der Waals surface area contributed by atoms with Crippen LogP contribution >= 0.6 is 0 Å². The maximum Gasteiger partial charge on any atom is 0.124 e. The van der Waals surface area contributed by atoms with E-state index < -0.39 is 19.5 Å². The predicted molar refractivity (Wildman–Crippen MR) is 244 cm³/mol. The Morgan fingerprint density at radius 2 is 1.20 bits per heavy atom. The number of aryl methyl sites for hydroxylation is 2. The number of hydrogen-bond acceptors (Lipinski definition) is 8. The Hall–Kier alpha value is -4.62. The van der Waals surface area contributed by atoms with Crippen LogP contribution in [0.1, 0.15) is 78.1 Å². The number of aromatic amines is 2. The molecule has 3 N–H and O–H groups in total. The normalized spacial score (nSPS) is 22.4. The summed E-state index contributed by atoms with van der Waals surface area (Å²) in [5, 5.41) is 2.37. The minimum absolute atomic E-state index is 0.0490. The zero-order chi connectivity index (χ0) is 42.3. The number of nitrogens with zero attached hydrogens (tertiary/aromatic N) is 3. The van der Waals surface area contributed by atoms with Crippen LogP contribution in [0.5, 0.6) is 11.5 Å². The van der Waals surface area contributed by atoms with E-state index in [0.29, 0.717) is 23.9 Å². The fourth-order valence-electron chi connectivity index (χ4n) is 9.70. The predicted octanol–water partition coefficient (Wildman–Crippen LogP) is 10.4. The van der Waals surface area contributed by atoms with Gasteiger partial charge in [-0.05, 0) is 135 Å². The first kappa shape index (κ1) is 42.1. The fourth-order valence-corrected chi connectivity index (χ4v) is 11.6. The maximum absolute atomic E-state index is 14.4. The quantitative estimate of drug-likeness (QED) is 0.113. The van der Waals surface area contributed by atoms with Crippen molar-refractivity contribution >= 4 is 41.3 Å². The first-order valence-corrected chi connectivity index (χ1v) is 25.0. The summed E-state index contributed by atoms with van der Waals surface area (Å²) in [5.74, 6) is 2.64. The van der Waals surface area contributed by atoms with E-state index in [0.717, 1.165) is 94.8 Å². The van der Waals surface area contributed by atoms with Gasteiger partial charge in [-0.15, -0.1) is 0 Å². The average molecular weight is 849 g/mol. The van der Waals surface area contributed by atoms with Gasteiger partial charge in [0.1, 0.15) is 11.5 Å². The third kappa shape index (κ3) is 8.48. The summed E-state index contributed by atoms with van der Waals surface area (Å²) in [5.41, 5.74) is 9.30. The Bertz CT molecular complexity index is 2730. The second-order valence-electron chi connectivity index (χ2n) is 17.4. The van der Waals surface area contributed by atoms with Crippen molar-refractivity contribution in [1.82, 2.24) is 19.8 Å². The van der Waals surface area contributed by atoms with Crippen LogP contribution < -0.4 is 9.47 Å². The lowest BCUT2D eigenvalue weighted by atomic mass is 9.86. The van der Waals surface area contributed by atoms with E-state index in [4.69, 9.17) is 18.6 Å². The van der Waals surface area contributed by atoms with E-state index in [2.05, 4.69) is 76.9 Å². The molecule has 6 aromatic rings.